The molecule has 1 aromatic heterocycles. The van der Waals surface area contributed by atoms with Crippen LogP contribution in [0.5, 0.6) is 0 Å². The third-order valence-corrected chi connectivity index (χ3v) is 6.79. The molecule has 1 rings (SSSR count). The van der Waals surface area contributed by atoms with Crippen molar-refractivity contribution in [3.8, 4) is 0 Å². The molecule has 0 fully saturated rings. The van der Waals surface area contributed by atoms with Gasteiger partial charge in [-0.25, -0.2) is 9.13 Å². The van der Waals surface area contributed by atoms with Crippen molar-refractivity contribution in [2.24, 2.45) is 0 Å². The molecule has 0 saturated heterocycles. The maximum absolute atomic E-state index is 2.39. The van der Waals surface area contributed by atoms with E-state index in [1.54, 1.807) is 0 Å². The van der Waals surface area contributed by atoms with Crippen LogP contribution in [0, 0.1) is 0 Å². The predicted octanol–water partition coefficient (Wildman–Crippen LogP) is 9.40. The summed E-state index contributed by atoms with van der Waals surface area (Å²) in [5.41, 5.74) is 0. The van der Waals surface area contributed by atoms with Crippen LogP contribution in [0.25, 0.3) is 0 Å². The van der Waals surface area contributed by atoms with Gasteiger partial charge in [0.15, 0.2) is 0 Å². The number of aryl methyl sites for hydroxylation is 2. The first-order chi connectivity index (χ1) is 15.4. The topological polar surface area (TPSA) is 8.81 Å². The van der Waals surface area contributed by atoms with E-state index in [9.17, 15) is 0 Å². The second-order valence-electron chi connectivity index (χ2n) is 9.96. The van der Waals surface area contributed by atoms with Crippen molar-refractivity contribution >= 4 is 0 Å². The molecule has 0 aliphatic carbocycles. The molecule has 182 valence electrons. The predicted molar refractivity (Wildman–Crippen MR) is 138 cm³/mol. The van der Waals surface area contributed by atoms with Crippen LogP contribution < -0.4 is 4.57 Å². The Labute approximate surface area is 196 Å². The minimum atomic E-state index is 1.20. The minimum absolute atomic E-state index is 1.20. The second-order valence-corrected chi connectivity index (χ2v) is 9.96. The lowest BCUT2D eigenvalue weighted by Crippen LogP contribution is -2.30. The summed E-state index contributed by atoms with van der Waals surface area (Å²) in [5.74, 6) is 0. The summed E-state index contributed by atoms with van der Waals surface area (Å²) in [5, 5.41) is 0. The molecule has 0 unspecified atom stereocenters. The number of hydrogen-bond acceptors (Lipinski definition) is 0. The molecule has 0 radical (unpaired) electrons. The number of imidazole rings is 1. The lowest BCUT2D eigenvalue weighted by atomic mass is 10.0. The highest BCUT2D eigenvalue weighted by molar-refractivity contribution is 4.66. The monoisotopic (exact) mass is 433 g/mol. The van der Waals surface area contributed by atoms with Crippen molar-refractivity contribution in [2.75, 3.05) is 0 Å². The van der Waals surface area contributed by atoms with Gasteiger partial charge in [-0.15, -0.1) is 0 Å². The Morgan fingerprint density at radius 1 is 0.484 bits per heavy atom. The Morgan fingerprint density at radius 2 is 0.871 bits per heavy atom. The van der Waals surface area contributed by atoms with Crippen molar-refractivity contribution in [1.29, 1.82) is 0 Å². The summed E-state index contributed by atoms with van der Waals surface area (Å²) < 4.78 is 4.78. The first-order valence-electron chi connectivity index (χ1n) is 14.4. The number of nitrogens with zero attached hydrogens (tertiary/aromatic N) is 2. The summed E-state index contributed by atoms with van der Waals surface area (Å²) in [6.45, 7) is 6.99. The van der Waals surface area contributed by atoms with Gasteiger partial charge in [0.05, 0.1) is 13.1 Å². The van der Waals surface area contributed by atoms with E-state index in [0.717, 1.165) is 0 Å². The van der Waals surface area contributed by atoms with E-state index in [4.69, 9.17) is 0 Å². The van der Waals surface area contributed by atoms with Crippen LogP contribution in [-0.4, -0.2) is 4.57 Å². The number of rotatable bonds is 24. The fourth-order valence-corrected chi connectivity index (χ4v) is 4.62. The highest BCUT2D eigenvalue weighted by Gasteiger charge is 2.03. The molecule has 31 heavy (non-hydrogen) atoms. The van der Waals surface area contributed by atoms with Gasteiger partial charge in [-0.1, -0.05) is 129 Å². The first-order valence-corrected chi connectivity index (χ1v) is 14.4. The van der Waals surface area contributed by atoms with Gasteiger partial charge in [-0.2, -0.15) is 0 Å². The third-order valence-electron chi connectivity index (χ3n) is 6.79. The molecule has 0 N–H and O–H groups in total. The van der Waals surface area contributed by atoms with E-state index >= 15 is 0 Å². The summed E-state index contributed by atoms with van der Waals surface area (Å²) in [4.78, 5) is 0. The zero-order chi connectivity index (χ0) is 22.2. The Morgan fingerprint density at radius 3 is 1.32 bits per heavy atom. The first kappa shape index (κ1) is 28.2. The van der Waals surface area contributed by atoms with E-state index in [1.165, 1.54) is 154 Å². The maximum Gasteiger partial charge on any atom is 0.243 e. The molecular weight excluding hydrogens is 376 g/mol. The normalized spacial score (nSPS) is 11.4. The molecule has 1 heterocycles. The Balaban J connectivity index is 1.84. The van der Waals surface area contributed by atoms with E-state index in [1.807, 2.05) is 0 Å². The molecule has 0 atom stereocenters. The quantitative estimate of drug-likeness (QED) is 0.113. The second kappa shape index (κ2) is 22.4. The molecule has 0 aromatic carbocycles. The Kier molecular flexibility index (Phi) is 20.4. The van der Waals surface area contributed by atoms with Gasteiger partial charge in [-0.05, 0) is 25.7 Å². The lowest BCUT2D eigenvalue weighted by Gasteiger charge is -2.03. The van der Waals surface area contributed by atoms with Crippen LogP contribution in [0.1, 0.15) is 155 Å². The molecule has 0 spiro atoms. The van der Waals surface area contributed by atoms with Crippen molar-refractivity contribution in [3.05, 3.63) is 18.7 Å². The Hall–Kier alpha value is -0.790. The molecule has 2 nitrogen and oxygen atoms in total. The van der Waals surface area contributed by atoms with Gasteiger partial charge in [0.25, 0.3) is 0 Å². The van der Waals surface area contributed by atoms with Gasteiger partial charge in [0.1, 0.15) is 12.4 Å². The van der Waals surface area contributed by atoms with E-state index in [-0.39, 0.29) is 0 Å². The van der Waals surface area contributed by atoms with Gasteiger partial charge in [0.2, 0.25) is 6.33 Å². The molecule has 0 bridgehead atoms. The highest BCUT2D eigenvalue weighted by atomic mass is 15.1. The molecular formula is C29H57N2+. The highest BCUT2D eigenvalue weighted by Crippen LogP contribution is 2.13. The minimum Gasteiger partial charge on any atom is -0.237 e. The molecule has 1 aromatic rings. The summed E-state index contributed by atoms with van der Waals surface area (Å²) in [6.07, 6.45) is 38.2. The van der Waals surface area contributed by atoms with Gasteiger partial charge < -0.3 is 0 Å². The fraction of sp³-hybridized carbons (Fsp3) is 0.897. The van der Waals surface area contributed by atoms with Crippen LogP contribution in [0.2, 0.25) is 0 Å². The average molecular weight is 434 g/mol. The summed E-state index contributed by atoms with van der Waals surface area (Å²) >= 11 is 0. The van der Waals surface area contributed by atoms with E-state index < -0.39 is 0 Å². The van der Waals surface area contributed by atoms with Crippen LogP contribution in [0.15, 0.2) is 18.7 Å². The van der Waals surface area contributed by atoms with Crippen LogP contribution in [-0.2, 0) is 13.1 Å². The molecule has 0 saturated carbocycles. The van der Waals surface area contributed by atoms with Gasteiger partial charge in [0, 0.05) is 0 Å². The van der Waals surface area contributed by atoms with Crippen molar-refractivity contribution in [3.63, 3.8) is 0 Å². The van der Waals surface area contributed by atoms with E-state index in [2.05, 4.69) is 41.7 Å². The average Bonchev–Trinajstić information content (AvgIpc) is 3.23. The zero-order valence-electron chi connectivity index (χ0n) is 21.6. The maximum atomic E-state index is 2.39. The number of unbranched alkanes of at least 4 members (excludes halogenated alkanes) is 20. The van der Waals surface area contributed by atoms with Crippen LogP contribution in [0.3, 0.4) is 0 Å². The SMILES string of the molecule is CCCCCCCCCCCCCCCC[n+]1ccn(CCCCCCCCCC)c1. The van der Waals surface area contributed by atoms with Crippen LogP contribution >= 0.6 is 0 Å². The number of aromatic nitrogens is 2. The van der Waals surface area contributed by atoms with E-state index in [0.29, 0.717) is 0 Å². The third kappa shape index (κ3) is 18.5. The molecule has 0 aliphatic heterocycles. The summed E-state index contributed by atoms with van der Waals surface area (Å²) in [6, 6.07) is 0. The Bertz CT molecular complexity index is 465. The molecule has 0 aliphatic rings. The standard InChI is InChI=1S/C29H57N2/c1-3-5-7-9-11-13-14-15-16-17-18-20-22-24-26-31-28-27-30(29-31)25-23-21-19-12-10-8-6-4-2/h27-29H,3-26H2,1-2H3/q+1. The largest absolute Gasteiger partial charge is 0.243 e. The van der Waals surface area contributed by atoms with Crippen molar-refractivity contribution in [2.45, 2.75) is 168 Å². The molecule has 2 heteroatoms. The number of hydrogen-bond donors (Lipinski definition) is 0. The van der Waals surface area contributed by atoms with Gasteiger partial charge in [-0.3, -0.25) is 0 Å². The van der Waals surface area contributed by atoms with Crippen molar-refractivity contribution in [1.82, 2.24) is 4.57 Å². The van der Waals surface area contributed by atoms with Gasteiger partial charge >= 0.3 is 0 Å². The molecule has 0 amide bonds. The fourth-order valence-electron chi connectivity index (χ4n) is 4.62. The van der Waals surface area contributed by atoms with Crippen molar-refractivity contribution < 1.29 is 4.57 Å². The van der Waals surface area contributed by atoms with Crippen LogP contribution in [0.4, 0.5) is 0 Å². The zero-order valence-corrected chi connectivity index (χ0v) is 21.6. The summed E-state index contributed by atoms with van der Waals surface area (Å²) in [7, 11) is 0. The lowest BCUT2D eigenvalue weighted by molar-refractivity contribution is -0.696. The smallest absolute Gasteiger partial charge is 0.237 e.